The highest BCUT2D eigenvalue weighted by Gasteiger charge is 2.52. The Hall–Kier alpha value is -0.885. The van der Waals surface area contributed by atoms with E-state index in [2.05, 4.69) is 22.2 Å². The Morgan fingerprint density at radius 2 is 1.70 bits per heavy atom. The monoisotopic (exact) mass is 322 g/mol. The standard InChI is InChI=1S/C16H31BN4O2/c1-15(2)16(3,4)23-17(22-15)14(12-18)13-19-6-7-21-10-8-20(5)9-11-21/h12-13,18-19H,6-11H2,1-5H3/b14-13+,18-12?. The zero-order valence-corrected chi connectivity index (χ0v) is 15.2. The summed E-state index contributed by atoms with van der Waals surface area (Å²) in [5, 5.41) is 10.9. The van der Waals surface area contributed by atoms with E-state index in [0.717, 1.165) is 44.7 Å². The maximum absolute atomic E-state index is 7.63. The minimum absolute atomic E-state index is 0.375. The summed E-state index contributed by atoms with van der Waals surface area (Å²) >= 11 is 0. The maximum Gasteiger partial charge on any atom is 0.497 e. The van der Waals surface area contributed by atoms with Crippen molar-refractivity contribution in [2.24, 2.45) is 0 Å². The number of nitrogens with zero attached hydrogens (tertiary/aromatic N) is 2. The van der Waals surface area contributed by atoms with E-state index >= 15 is 0 Å². The van der Waals surface area contributed by atoms with E-state index in [1.165, 1.54) is 6.21 Å². The first-order chi connectivity index (χ1) is 10.7. The number of likely N-dealkylation sites (N-methyl/N-ethyl adjacent to an activating group) is 1. The first-order valence-electron chi connectivity index (χ1n) is 8.45. The van der Waals surface area contributed by atoms with Crippen LogP contribution in [0.5, 0.6) is 0 Å². The second kappa shape index (κ2) is 7.34. The average molecular weight is 322 g/mol. The molecule has 2 saturated heterocycles. The second-order valence-corrected chi connectivity index (χ2v) is 7.48. The van der Waals surface area contributed by atoms with Crippen molar-refractivity contribution in [2.75, 3.05) is 46.3 Å². The average Bonchev–Trinajstić information content (AvgIpc) is 2.69. The molecule has 2 aliphatic rings. The number of rotatable bonds is 6. The van der Waals surface area contributed by atoms with Crippen LogP contribution in [-0.4, -0.2) is 80.7 Å². The predicted molar refractivity (Wildman–Crippen MR) is 94.9 cm³/mol. The third-order valence-corrected chi connectivity index (χ3v) is 5.13. The molecule has 0 aliphatic carbocycles. The van der Waals surface area contributed by atoms with Crippen LogP contribution in [0, 0.1) is 5.41 Å². The van der Waals surface area contributed by atoms with E-state index in [1.807, 2.05) is 33.9 Å². The summed E-state index contributed by atoms with van der Waals surface area (Å²) in [5.74, 6) is 0. The molecule has 0 spiro atoms. The molecule has 130 valence electrons. The second-order valence-electron chi connectivity index (χ2n) is 7.48. The molecule has 0 aromatic heterocycles. The van der Waals surface area contributed by atoms with Gasteiger partial charge in [0.1, 0.15) is 0 Å². The van der Waals surface area contributed by atoms with Crippen molar-refractivity contribution in [1.29, 1.82) is 5.41 Å². The summed E-state index contributed by atoms with van der Waals surface area (Å²) < 4.78 is 12.0. The lowest BCUT2D eigenvalue weighted by molar-refractivity contribution is 0.00578. The molecule has 0 unspecified atom stereocenters. The van der Waals surface area contributed by atoms with Crippen LogP contribution in [0.1, 0.15) is 27.7 Å². The normalized spacial score (nSPS) is 25.6. The zero-order valence-electron chi connectivity index (χ0n) is 15.2. The summed E-state index contributed by atoms with van der Waals surface area (Å²) in [6.45, 7) is 14.5. The molecule has 0 amide bonds. The van der Waals surface area contributed by atoms with E-state index < -0.39 is 7.12 Å². The van der Waals surface area contributed by atoms with Crippen LogP contribution >= 0.6 is 0 Å². The molecule has 2 fully saturated rings. The number of piperazine rings is 1. The lowest BCUT2D eigenvalue weighted by atomic mass is 9.79. The molecule has 2 aliphatic heterocycles. The summed E-state index contributed by atoms with van der Waals surface area (Å²) in [4.78, 5) is 4.81. The Kier molecular flexibility index (Phi) is 5.89. The number of allylic oxidation sites excluding steroid dienone is 1. The van der Waals surface area contributed by atoms with Crippen molar-refractivity contribution in [3.05, 3.63) is 11.7 Å². The van der Waals surface area contributed by atoms with Gasteiger partial charge in [-0.05, 0) is 40.9 Å². The minimum Gasteiger partial charge on any atom is -0.399 e. The van der Waals surface area contributed by atoms with Gasteiger partial charge in [0.15, 0.2) is 0 Å². The van der Waals surface area contributed by atoms with E-state index in [0.29, 0.717) is 0 Å². The fraction of sp³-hybridized carbons (Fsp3) is 0.812. The van der Waals surface area contributed by atoms with Gasteiger partial charge in [0.2, 0.25) is 0 Å². The Morgan fingerprint density at radius 3 is 2.22 bits per heavy atom. The van der Waals surface area contributed by atoms with Crippen molar-refractivity contribution in [3.8, 4) is 0 Å². The molecule has 23 heavy (non-hydrogen) atoms. The van der Waals surface area contributed by atoms with Crippen LogP contribution in [0.4, 0.5) is 0 Å². The molecular formula is C16H31BN4O2. The first-order valence-corrected chi connectivity index (χ1v) is 8.45. The molecule has 2 heterocycles. The zero-order chi connectivity index (χ0) is 17.1. The summed E-state index contributed by atoms with van der Waals surface area (Å²) in [6, 6.07) is 0. The highest BCUT2D eigenvalue weighted by Crippen LogP contribution is 2.38. The van der Waals surface area contributed by atoms with Crippen LogP contribution < -0.4 is 5.32 Å². The van der Waals surface area contributed by atoms with Crippen LogP contribution in [0.3, 0.4) is 0 Å². The molecule has 0 radical (unpaired) electrons. The molecule has 2 N–H and O–H groups in total. The maximum atomic E-state index is 7.63. The Labute approximate surface area is 140 Å². The van der Waals surface area contributed by atoms with Crippen LogP contribution in [-0.2, 0) is 9.31 Å². The molecule has 2 rings (SSSR count). The van der Waals surface area contributed by atoms with E-state index in [1.54, 1.807) is 0 Å². The van der Waals surface area contributed by atoms with E-state index in [4.69, 9.17) is 14.7 Å². The minimum atomic E-state index is -0.478. The molecule has 6 nitrogen and oxygen atoms in total. The number of nitrogens with one attached hydrogen (secondary N) is 2. The summed E-state index contributed by atoms with van der Waals surface area (Å²) in [6.07, 6.45) is 3.16. The lowest BCUT2D eigenvalue weighted by Crippen LogP contribution is -2.46. The van der Waals surface area contributed by atoms with Crippen LogP contribution in [0.15, 0.2) is 11.7 Å². The van der Waals surface area contributed by atoms with Crippen molar-refractivity contribution < 1.29 is 9.31 Å². The smallest absolute Gasteiger partial charge is 0.399 e. The molecule has 0 bridgehead atoms. The third-order valence-electron chi connectivity index (χ3n) is 5.13. The van der Waals surface area contributed by atoms with Crippen molar-refractivity contribution >= 4 is 13.3 Å². The van der Waals surface area contributed by atoms with Crippen LogP contribution in [0.2, 0.25) is 0 Å². The largest absolute Gasteiger partial charge is 0.497 e. The van der Waals surface area contributed by atoms with Gasteiger partial charge in [0.05, 0.1) is 11.2 Å². The molecule has 0 aromatic carbocycles. The Bertz CT molecular complexity index is 429. The van der Waals surface area contributed by atoms with Gasteiger partial charge in [0.25, 0.3) is 0 Å². The van der Waals surface area contributed by atoms with Crippen molar-refractivity contribution in [2.45, 2.75) is 38.9 Å². The quantitative estimate of drug-likeness (QED) is 0.434. The predicted octanol–water partition coefficient (Wildman–Crippen LogP) is 0.988. The highest BCUT2D eigenvalue weighted by atomic mass is 16.7. The van der Waals surface area contributed by atoms with Crippen molar-refractivity contribution in [1.82, 2.24) is 15.1 Å². The fourth-order valence-corrected chi connectivity index (χ4v) is 2.64. The number of hydrogen-bond acceptors (Lipinski definition) is 6. The molecular weight excluding hydrogens is 291 g/mol. The highest BCUT2D eigenvalue weighted by molar-refractivity contribution is 6.60. The van der Waals surface area contributed by atoms with E-state index in [9.17, 15) is 0 Å². The Morgan fingerprint density at radius 1 is 1.13 bits per heavy atom. The lowest BCUT2D eigenvalue weighted by Gasteiger charge is -2.32. The topological polar surface area (TPSA) is 60.8 Å². The molecule has 0 saturated carbocycles. The Balaban J connectivity index is 1.80. The van der Waals surface area contributed by atoms with Crippen molar-refractivity contribution in [3.63, 3.8) is 0 Å². The molecule has 0 aromatic rings. The van der Waals surface area contributed by atoms with Gasteiger partial charge in [-0.3, -0.25) is 4.90 Å². The summed E-state index contributed by atoms with van der Waals surface area (Å²) in [5.41, 5.74) is -0.0267. The van der Waals surface area contributed by atoms with Gasteiger partial charge >= 0.3 is 7.12 Å². The van der Waals surface area contributed by atoms with Gasteiger partial charge in [-0.2, -0.15) is 0 Å². The van der Waals surface area contributed by atoms with Gasteiger partial charge < -0.3 is 24.9 Å². The van der Waals surface area contributed by atoms with Gasteiger partial charge in [0, 0.05) is 51.0 Å². The molecule has 7 heteroatoms. The fourth-order valence-electron chi connectivity index (χ4n) is 2.64. The first kappa shape index (κ1) is 18.5. The SMILES string of the molecule is CN1CCN(CCN/C=C(\C=N)B2OC(C)(C)C(C)(C)O2)CC1. The van der Waals surface area contributed by atoms with Gasteiger partial charge in [-0.15, -0.1) is 0 Å². The van der Waals surface area contributed by atoms with Gasteiger partial charge in [-0.25, -0.2) is 0 Å². The summed E-state index contributed by atoms with van der Waals surface area (Å²) in [7, 11) is 1.69. The van der Waals surface area contributed by atoms with E-state index in [-0.39, 0.29) is 11.2 Å². The number of hydrogen-bond donors (Lipinski definition) is 2. The van der Waals surface area contributed by atoms with Crippen LogP contribution in [0.25, 0.3) is 0 Å². The third kappa shape index (κ3) is 4.56. The van der Waals surface area contributed by atoms with Gasteiger partial charge in [-0.1, -0.05) is 0 Å². The molecule has 0 atom stereocenters.